The number of fused-ring (bicyclic) bond motifs is 1. The smallest absolute Gasteiger partial charge is 0.310 e. The molecule has 1 aromatic rings. The molecule has 0 radical (unpaired) electrons. The van der Waals surface area contributed by atoms with E-state index in [4.69, 9.17) is 4.74 Å². The molecule has 0 bridgehead atoms. The van der Waals surface area contributed by atoms with Crippen molar-refractivity contribution in [2.24, 2.45) is 17.3 Å². The Kier molecular flexibility index (Phi) is 6.07. The molecular formula is C25H37NO3. The summed E-state index contributed by atoms with van der Waals surface area (Å²) < 4.78 is 5.89. The SMILES string of the molecule is C[C@@]12C=CC[C@H](C(=O)OC3CCCCC3)C1C(=O)N(CCc1ccccc1)CC2.[HH].[HH]. The minimum atomic E-state index is -0.348. The van der Waals surface area contributed by atoms with Gasteiger partial charge in [-0.15, -0.1) is 0 Å². The predicted octanol–water partition coefficient (Wildman–Crippen LogP) is 5.03. The van der Waals surface area contributed by atoms with Gasteiger partial charge in [0.15, 0.2) is 0 Å². The minimum absolute atomic E-state index is 0. The van der Waals surface area contributed by atoms with Crippen LogP contribution in [0.4, 0.5) is 0 Å². The summed E-state index contributed by atoms with van der Waals surface area (Å²) >= 11 is 0. The highest BCUT2D eigenvalue weighted by Crippen LogP contribution is 2.47. The molecule has 4 rings (SSSR count). The maximum absolute atomic E-state index is 13.5. The van der Waals surface area contributed by atoms with E-state index in [1.165, 1.54) is 12.0 Å². The van der Waals surface area contributed by atoms with E-state index < -0.39 is 0 Å². The van der Waals surface area contributed by atoms with E-state index in [9.17, 15) is 9.59 Å². The van der Waals surface area contributed by atoms with Crippen LogP contribution >= 0.6 is 0 Å². The summed E-state index contributed by atoms with van der Waals surface area (Å²) in [4.78, 5) is 28.5. The van der Waals surface area contributed by atoms with Gasteiger partial charge >= 0.3 is 5.97 Å². The number of piperidine rings is 1. The zero-order valence-corrected chi connectivity index (χ0v) is 17.5. The quantitative estimate of drug-likeness (QED) is 0.515. The van der Waals surface area contributed by atoms with E-state index in [0.717, 1.165) is 45.1 Å². The van der Waals surface area contributed by atoms with Crippen molar-refractivity contribution in [1.29, 1.82) is 0 Å². The summed E-state index contributed by atoms with van der Waals surface area (Å²) in [5.74, 6) is -0.674. The number of ether oxygens (including phenoxy) is 1. The summed E-state index contributed by atoms with van der Waals surface area (Å²) in [5, 5.41) is 0. The van der Waals surface area contributed by atoms with Crippen LogP contribution in [0.3, 0.4) is 0 Å². The van der Waals surface area contributed by atoms with Gasteiger partial charge in [0, 0.05) is 15.9 Å². The molecule has 4 nitrogen and oxygen atoms in total. The fraction of sp³-hybridized carbons (Fsp3) is 0.600. The molecule has 0 aromatic heterocycles. The molecule has 0 N–H and O–H groups in total. The average molecular weight is 400 g/mol. The van der Waals surface area contributed by atoms with Gasteiger partial charge in [0.05, 0.1) is 11.8 Å². The van der Waals surface area contributed by atoms with Crippen LogP contribution in [-0.2, 0) is 20.7 Å². The number of hydrogen-bond donors (Lipinski definition) is 0. The molecule has 1 aromatic carbocycles. The van der Waals surface area contributed by atoms with Gasteiger partial charge in [-0.2, -0.15) is 0 Å². The number of carbonyl (C=O) groups is 2. The molecule has 1 amide bonds. The summed E-state index contributed by atoms with van der Waals surface area (Å²) in [6.07, 6.45) is 12.1. The Morgan fingerprint density at radius 3 is 2.72 bits per heavy atom. The third-order valence-electron chi connectivity index (χ3n) is 7.15. The molecule has 0 spiro atoms. The molecule has 3 aliphatic rings. The van der Waals surface area contributed by atoms with E-state index in [-0.39, 0.29) is 38.1 Å². The zero-order valence-electron chi connectivity index (χ0n) is 17.5. The third kappa shape index (κ3) is 4.41. The van der Waals surface area contributed by atoms with Crippen molar-refractivity contribution in [2.45, 2.75) is 64.4 Å². The first-order valence-corrected chi connectivity index (χ1v) is 11.3. The van der Waals surface area contributed by atoms with Gasteiger partial charge in [-0.25, -0.2) is 0 Å². The van der Waals surface area contributed by atoms with Crippen LogP contribution < -0.4 is 0 Å². The molecule has 3 atom stereocenters. The van der Waals surface area contributed by atoms with Gasteiger partial charge < -0.3 is 9.64 Å². The van der Waals surface area contributed by atoms with Crippen molar-refractivity contribution in [1.82, 2.24) is 4.90 Å². The lowest BCUT2D eigenvalue weighted by Gasteiger charge is -2.48. The molecular weight excluding hydrogens is 362 g/mol. The Bertz CT molecular complexity index is 763. The lowest BCUT2D eigenvalue weighted by molar-refractivity contribution is -0.167. The lowest BCUT2D eigenvalue weighted by Crippen LogP contribution is -2.55. The topological polar surface area (TPSA) is 46.6 Å². The predicted molar refractivity (Wildman–Crippen MR) is 117 cm³/mol. The first kappa shape index (κ1) is 20.2. The molecule has 4 heteroatoms. The van der Waals surface area contributed by atoms with Crippen molar-refractivity contribution >= 4 is 11.9 Å². The van der Waals surface area contributed by atoms with Crippen LogP contribution in [0.25, 0.3) is 0 Å². The molecule has 1 saturated carbocycles. The van der Waals surface area contributed by atoms with E-state index in [0.29, 0.717) is 13.0 Å². The van der Waals surface area contributed by atoms with Gasteiger partial charge in [-0.1, -0.05) is 55.8 Å². The summed E-state index contributed by atoms with van der Waals surface area (Å²) in [5.41, 5.74) is 1.000. The first-order valence-electron chi connectivity index (χ1n) is 11.3. The second-order valence-corrected chi connectivity index (χ2v) is 9.24. The van der Waals surface area contributed by atoms with Crippen LogP contribution in [0, 0.1) is 17.3 Å². The van der Waals surface area contributed by atoms with Crippen molar-refractivity contribution in [3.63, 3.8) is 0 Å². The Morgan fingerprint density at radius 2 is 1.97 bits per heavy atom. The summed E-state index contributed by atoms with van der Waals surface area (Å²) in [6.45, 7) is 3.61. The number of likely N-dealkylation sites (tertiary alicyclic amines) is 1. The average Bonchev–Trinajstić information content (AvgIpc) is 2.74. The van der Waals surface area contributed by atoms with Crippen LogP contribution in [-0.4, -0.2) is 36.0 Å². The molecule has 1 aliphatic heterocycles. The number of carbonyl (C=O) groups excluding carboxylic acids is 2. The molecule has 160 valence electrons. The highest BCUT2D eigenvalue weighted by molar-refractivity contribution is 5.87. The normalized spacial score (nSPS) is 30.1. The molecule has 1 heterocycles. The largest absolute Gasteiger partial charge is 0.462 e. The minimum Gasteiger partial charge on any atom is -0.462 e. The Balaban J connectivity index is 0.00000171. The number of hydrogen-bond acceptors (Lipinski definition) is 3. The Labute approximate surface area is 177 Å². The van der Waals surface area contributed by atoms with E-state index in [2.05, 4.69) is 31.2 Å². The third-order valence-corrected chi connectivity index (χ3v) is 7.15. The first-order chi connectivity index (χ1) is 14.1. The Hall–Kier alpha value is -2.10. The molecule has 2 aliphatic carbocycles. The molecule has 1 unspecified atom stereocenters. The van der Waals surface area contributed by atoms with Gasteiger partial charge in [-0.3, -0.25) is 9.59 Å². The van der Waals surface area contributed by atoms with Crippen molar-refractivity contribution < 1.29 is 17.2 Å². The van der Waals surface area contributed by atoms with Gasteiger partial charge in [0.25, 0.3) is 0 Å². The second-order valence-electron chi connectivity index (χ2n) is 9.24. The van der Waals surface area contributed by atoms with Gasteiger partial charge in [0.2, 0.25) is 5.91 Å². The number of amides is 1. The number of allylic oxidation sites excluding steroid dienone is 2. The van der Waals surface area contributed by atoms with Crippen molar-refractivity contribution in [2.75, 3.05) is 13.1 Å². The lowest BCUT2D eigenvalue weighted by atomic mass is 9.62. The molecule has 2 fully saturated rings. The standard InChI is InChI=1S/C25H33NO3.2H2/c1-25-15-8-13-21(24(28)29-20-11-6-3-7-12-20)22(25)23(27)26(18-16-25)17-14-19-9-4-2-5-10-19;;/h2,4-5,8-10,15,20-22H,3,6-7,11-14,16-18H2,1H3;2*1H/t21-,22?,25-;;/m0../s1. The van der Waals surface area contributed by atoms with Crippen LogP contribution in [0.2, 0.25) is 0 Å². The fourth-order valence-electron chi connectivity index (χ4n) is 5.36. The fourth-order valence-corrected chi connectivity index (χ4v) is 5.36. The highest BCUT2D eigenvalue weighted by atomic mass is 16.5. The number of esters is 1. The maximum Gasteiger partial charge on any atom is 0.310 e. The van der Waals surface area contributed by atoms with Crippen molar-refractivity contribution in [3.05, 3.63) is 48.0 Å². The number of benzene rings is 1. The Morgan fingerprint density at radius 1 is 1.21 bits per heavy atom. The maximum atomic E-state index is 13.5. The number of nitrogens with zero attached hydrogens (tertiary/aromatic N) is 1. The zero-order chi connectivity index (χ0) is 20.3. The van der Waals surface area contributed by atoms with E-state index >= 15 is 0 Å². The van der Waals surface area contributed by atoms with Crippen molar-refractivity contribution in [3.8, 4) is 0 Å². The monoisotopic (exact) mass is 399 g/mol. The van der Waals surface area contributed by atoms with Gasteiger partial charge in [0.1, 0.15) is 6.10 Å². The molecule has 29 heavy (non-hydrogen) atoms. The summed E-state index contributed by atoms with van der Waals surface area (Å²) in [6, 6.07) is 10.3. The number of rotatable bonds is 5. The van der Waals surface area contributed by atoms with Crippen LogP contribution in [0.5, 0.6) is 0 Å². The van der Waals surface area contributed by atoms with Crippen LogP contribution in [0.15, 0.2) is 42.5 Å². The van der Waals surface area contributed by atoms with Crippen LogP contribution in [0.1, 0.15) is 60.3 Å². The van der Waals surface area contributed by atoms with E-state index in [1.807, 2.05) is 23.1 Å². The second kappa shape index (κ2) is 8.73. The summed E-state index contributed by atoms with van der Waals surface area (Å²) in [7, 11) is 0. The highest BCUT2D eigenvalue weighted by Gasteiger charge is 2.51. The van der Waals surface area contributed by atoms with Gasteiger partial charge in [-0.05, 0) is 55.9 Å². The molecule has 1 saturated heterocycles. The van der Waals surface area contributed by atoms with E-state index in [1.54, 1.807) is 0 Å².